The molecule has 19 heavy (non-hydrogen) atoms. The lowest BCUT2D eigenvalue weighted by Crippen LogP contribution is -2.45. The first-order valence-electron chi connectivity index (χ1n) is 7.68. The molecule has 4 heteroatoms. The second-order valence-corrected chi connectivity index (χ2v) is 5.90. The predicted molar refractivity (Wildman–Crippen MR) is 72.7 cm³/mol. The molecule has 2 fully saturated rings. The number of carbonyl (C=O) groups excluding carboxylic acids is 1. The van der Waals surface area contributed by atoms with Crippen molar-refractivity contribution in [1.82, 2.24) is 4.90 Å². The number of aliphatic carboxylic acids is 1. The minimum atomic E-state index is -0.796. The van der Waals surface area contributed by atoms with E-state index in [1.165, 1.54) is 19.3 Å². The summed E-state index contributed by atoms with van der Waals surface area (Å²) in [5.74, 6) is -1.43. The molecule has 108 valence electrons. The molecule has 2 unspecified atom stereocenters. The molecule has 0 aromatic heterocycles. The van der Waals surface area contributed by atoms with E-state index in [9.17, 15) is 14.7 Å². The SMILES string of the molecule is CCN(C(=O)C1CCCC1C(=O)O)C1CCCCC1. The van der Waals surface area contributed by atoms with Crippen molar-refractivity contribution in [3.63, 3.8) is 0 Å². The largest absolute Gasteiger partial charge is 0.481 e. The first kappa shape index (κ1) is 14.4. The Morgan fingerprint density at radius 2 is 1.63 bits per heavy atom. The third-order valence-corrected chi connectivity index (χ3v) is 4.79. The molecule has 1 N–H and O–H groups in total. The maximum Gasteiger partial charge on any atom is 0.307 e. The molecular weight excluding hydrogens is 242 g/mol. The molecule has 0 aliphatic heterocycles. The predicted octanol–water partition coefficient (Wildman–Crippen LogP) is 2.67. The zero-order valence-corrected chi connectivity index (χ0v) is 11.8. The topological polar surface area (TPSA) is 57.6 Å². The van der Waals surface area contributed by atoms with E-state index in [0.717, 1.165) is 25.7 Å². The minimum Gasteiger partial charge on any atom is -0.481 e. The Kier molecular flexibility index (Phi) is 4.83. The van der Waals surface area contributed by atoms with Crippen molar-refractivity contribution in [3.8, 4) is 0 Å². The van der Waals surface area contributed by atoms with Crippen LogP contribution < -0.4 is 0 Å². The van der Waals surface area contributed by atoms with Crippen LogP contribution in [0.2, 0.25) is 0 Å². The van der Waals surface area contributed by atoms with Crippen LogP contribution in [0, 0.1) is 11.8 Å². The summed E-state index contributed by atoms with van der Waals surface area (Å²) in [5.41, 5.74) is 0. The van der Waals surface area contributed by atoms with E-state index < -0.39 is 11.9 Å². The lowest BCUT2D eigenvalue weighted by molar-refractivity contribution is -0.150. The number of hydrogen-bond donors (Lipinski definition) is 1. The molecule has 0 radical (unpaired) electrons. The van der Waals surface area contributed by atoms with Gasteiger partial charge in [-0.3, -0.25) is 9.59 Å². The second-order valence-electron chi connectivity index (χ2n) is 5.90. The van der Waals surface area contributed by atoms with Gasteiger partial charge in [-0.05, 0) is 32.6 Å². The van der Waals surface area contributed by atoms with Crippen LogP contribution in [0.3, 0.4) is 0 Å². The number of rotatable bonds is 4. The van der Waals surface area contributed by atoms with Crippen molar-refractivity contribution < 1.29 is 14.7 Å². The molecule has 2 aliphatic rings. The lowest BCUT2D eigenvalue weighted by atomic mass is 9.90. The van der Waals surface area contributed by atoms with E-state index >= 15 is 0 Å². The van der Waals surface area contributed by atoms with E-state index in [2.05, 4.69) is 0 Å². The molecule has 4 nitrogen and oxygen atoms in total. The van der Waals surface area contributed by atoms with Gasteiger partial charge in [-0.2, -0.15) is 0 Å². The van der Waals surface area contributed by atoms with Crippen LogP contribution in [0.25, 0.3) is 0 Å². The first-order chi connectivity index (χ1) is 9.15. The van der Waals surface area contributed by atoms with E-state index in [0.29, 0.717) is 19.0 Å². The molecule has 2 saturated carbocycles. The van der Waals surface area contributed by atoms with Gasteiger partial charge < -0.3 is 10.0 Å². The van der Waals surface area contributed by atoms with E-state index in [4.69, 9.17) is 0 Å². The van der Waals surface area contributed by atoms with Crippen molar-refractivity contribution >= 4 is 11.9 Å². The van der Waals surface area contributed by atoms with Crippen LogP contribution in [0.1, 0.15) is 58.3 Å². The Labute approximate surface area is 115 Å². The maximum atomic E-state index is 12.7. The fraction of sp³-hybridized carbons (Fsp3) is 0.867. The number of carboxylic acid groups (broad SMARTS) is 1. The highest BCUT2D eigenvalue weighted by molar-refractivity contribution is 5.85. The van der Waals surface area contributed by atoms with Gasteiger partial charge in [-0.25, -0.2) is 0 Å². The fourth-order valence-electron chi connectivity index (χ4n) is 3.75. The van der Waals surface area contributed by atoms with Gasteiger partial charge in [-0.1, -0.05) is 25.7 Å². The first-order valence-corrected chi connectivity index (χ1v) is 7.68. The second kappa shape index (κ2) is 6.40. The maximum absolute atomic E-state index is 12.7. The molecule has 0 aromatic carbocycles. The van der Waals surface area contributed by atoms with Crippen molar-refractivity contribution in [3.05, 3.63) is 0 Å². The summed E-state index contributed by atoms with van der Waals surface area (Å²) in [7, 11) is 0. The van der Waals surface area contributed by atoms with E-state index in [1.54, 1.807) is 0 Å². The molecule has 2 atom stereocenters. The highest BCUT2D eigenvalue weighted by atomic mass is 16.4. The Morgan fingerprint density at radius 3 is 2.21 bits per heavy atom. The van der Waals surface area contributed by atoms with Crippen molar-refractivity contribution in [2.24, 2.45) is 11.8 Å². The smallest absolute Gasteiger partial charge is 0.307 e. The van der Waals surface area contributed by atoms with Gasteiger partial charge in [0.2, 0.25) is 5.91 Å². The average Bonchev–Trinajstić information content (AvgIpc) is 2.90. The number of carbonyl (C=O) groups is 2. The fourth-order valence-corrected chi connectivity index (χ4v) is 3.75. The molecule has 0 aromatic rings. The van der Waals surface area contributed by atoms with Crippen molar-refractivity contribution in [2.75, 3.05) is 6.54 Å². The summed E-state index contributed by atoms with van der Waals surface area (Å²) < 4.78 is 0. The summed E-state index contributed by atoms with van der Waals surface area (Å²) in [5, 5.41) is 9.23. The summed E-state index contributed by atoms with van der Waals surface area (Å²) in [4.78, 5) is 25.8. The summed E-state index contributed by atoms with van der Waals surface area (Å²) >= 11 is 0. The lowest BCUT2D eigenvalue weighted by Gasteiger charge is -2.36. The number of carboxylic acids is 1. The molecule has 0 saturated heterocycles. The van der Waals surface area contributed by atoms with Gasteiger partial charge in [0.15, 0.2) is 0 Å². The highest BCUT2D eigenvalue weighted by Gasteiger charge is 2.40. The van der Waals surface area contributed by atoms with Crippen LogP contribution in [-0.2, 0) is 9.59 Å². The standard InChI is InChI=1S/C15H25NO3/c1-2-16(11-7-4-3-5-8-11)14(17)12-9-6-10-13(12)15(18)19/h11-13H,2-10H2,1H3,(H,18,19). The van der Waals surface area contributed by atoms with Crippen molar-refractivity contribution in [2.45, 2.75) is 64.3 Å². The Balaban J connectivity index is 2.05. The molecule has 2 aliphatic carbocycles. The third-order valence-electron chi connectivity index (χ3n) is 4.79. The van der Waals surface area contributed by atoms with Gasteiger partial charge in [-0.15, -0.1) is 0 Å². The van der Waals surface area contributed by atoms with Crippen molar-refractivity contribution in [1.29, 1.82) is 0 Å². The van der Waals surface area contributed by atoms with Crippen LogP contribution in [0.15, 0.2) is 0 Å². The molecule has 0 heterocycles. The summed E-state index contributed by atoms with van der Waals surface area (Å²) in [6, 6.07) is 0.348. The number of nitrogens with zero attached hydrogens (tertiary/aromatic N) is 1. The van der Waals surface area contributed by atoms with Crippen LogP contribution in [-0.4, -0.2) is 34.5 Å². The number of hydrogen-bond acceptors (Lipinski definition) is 2. The average molecular weight is 267 g/mol. The quantitative estimate of drug-likeness (QED) is 0.852. The highest BCUT2D eigenvalue weighted by Crippen LogP contribution is 2.35. The summed E-state index contributed by atoms with van der Waals surface area (Å²) in [6.45, 7) is 2.73. The van der Waals surface area contributed by atoms with Gasteiger partial charge in [0, 0.05) is 12.6 Å². The Hall–Kier alpha value is -1.06. The van der Waals surface area contributed by atoms with Gasteiger partial charge in [0.25, 0.3) is 0 Å². The molecular formula is C15H25NO3. The van der Waals surface area contributed by atoms with Crippen LogP contribution in [0.5, 0.6) is 0 Å². The molecule has 0 bridgehead atoms. The van der Waals surface area contributed by atoms with Gasteiger partial charge in [0.1, 0.15) is 0 Å². The molecule has 0 spiro atoms. The molecule has 1 amide bonds. The Morgan fingerprint density at radius 1 is 1.00 bits per heavy atom. The number of amides is 1. The van der Waals surface area contributed by atoms with E-state index in [-0.39, 0.29) is 11.8 Å². The molecule has 2 rings (SSSR count). The van der Waals surface area contributed by atoms with Crippen LogP contribution in [0.4, 0.5) is 0 Å². The zero-order valence-electron chi connectivity index (χ0n) is 11.8. The van der Waals surface area contributed by atoms with Crippen LogP contribution >= 0.6 is 0 Å². The van der Waals surface area contributed by atoms with Gasteiger partial charge >= 0.3 is 5.97 Å². The zero-order chi connectivity index (χ0) is 13.8. The minimum absolute atomic E-state index is 0.0966. The summed E-state index contributed by atoms with van der Waals surface area (Å²) in [6.07, 6.45) is 8.11. The normalized spacial score (nSPS) is 28.3. The third kappa shape index (κ3) is 3.10. The monoisotopic (exact) mass is 267 g/mol. The van der Waals surface area contributed by atoms with Gasteiger partial charge in [0.05, 0.1) is 11.8 Å². The van der Waals surface area contributed by atoms with E-state index in [1.807, 2.05) is 11.8 Å². The Bertz CT molecular complexity index is 336.